The second-order valence-corrected chi connectivity index (χ2v) is 13.5. The molecule has 0 spiro atoms. The fourth-order valence-electron chi connectivity index (χ4n) is 9.31. The van der Waals surface area contributed by atoms with Crippen LogP contribution < -0.4 is 4.74 Å². The van der Waals surface area contributed by atoms with Crippen LogP contribution in [0.2, 0.25) is 0 Å². The molecule has 4 amide bonds. The van der Waals surface area contributed by atoms with Gasteiger partial charge in [-0.3, -0.25) is 29.0 Å². The Kier molecular flexibility index (Phi) is 7.42. The molecule has 0 radical (unpaired) electrons. The van der Waals surface area contributed by atoms with Crippen molar-refractivity contribution in [3.05, 3.63) is 41.5 Å². The topological polar surface area (TPSA) is 104 Å². The molecule has 6 unspecified atom stereocenters. The lowest BCUT2D eigenvalue weighted by molar-refractivity contribution is -0.145. The maximum absolute atomic E-state index is 14.2. The van der Waals surface area contributed by atoms with Crippen LogP contribution in [0.5, 0.6) is 11.5 Å². The average Bonchev–Trinajstić information content (AvgIpc) is 3.44. The number of nitrogens with zero attached hydrogens (tertiary/aromatic N) is 2. The number of carbonyl (C=O) groups is 4. The monoisotopic (exact) mass is 586 g/mol. The molecule has 6 aliphatic rings. The number of carbonyl (C=O) groups excluding carboxylic acids is 4. The van der Waals surface area contributed by atoms with Gasteiger partial charge in [0.25, 0.3) is 0 Å². The van der Waals surface area contributed by atoms with Crippen LogP contribution in [-0.4, -0.2) is 57.7 Å². The molecular formula is C35H42N2O6. The van der Waals surface area contributed by atoms with Gasteiger partial charge in [0.15, 0.2) is 11.5 Å². The molecule has 43 heavy (non-hydrogen) atoms. The number of hydrogen-bond acceptors (Lipinski definition) is 6. The van der Waals surface area contributed by atoms with Gasteiger partial charge in [-0.2, -0.15) is 0 Å². The summed E-state index contributed by atoms with van der Waals surface area (Å²) >= 11 is 0. The first-order valence-electron chi connectivity index (χ1n) is 16.4. The Morgan fingerprint density at radius 2 is 1.37 bits per heavy atom. The number of hydrogen-bond donors (Lipinski definition) is 1. The summed E-state index contributed by atoms with van der Waals surface area (Å²) in [4.78, 5) is 59.2. The molecule has 2 heterocycles. The number of imide groups is 2. The fourth-order valence-corrected chi connectivity index (χ4v) is 9.31. The molecule has 8 heteroatoms. The van der Waals surface area contributed by atoms with E-state index in [1.807, 2.05) is 12.2 Å². The number of amides is 4. The van der Waals surface area contributed by atoms with Crippen LogP contribution >= 0.6 is 0 Å². The second kappa shape index (κ2) is 11.3. The van der Waals surface area contributed by atoms with E-state index in [0.29, 0.717) is 18.6 Å². The Morgan fingerprint density at radius 1 is 0.767 bits per heavy atom. The van der Waals surface area contributed by atoms with Crippen LogP contribution in [0, 0.1) is 35.5 Å². The van der Waals surface area contributed by atoms with E-state index >= 15 is 0 Å². The zero-order valence-electron chi connectivity index (χ0n) is 25.0. The van der Waals surface area contributed by atoms with Crippen molar-refractivity contribution < 1.29 is 29.0 Å². The molecule has 6 atom stereocenters. The van der Waals surface area contributed by atoms with Gasteiger partial charge in [-0.05, 0) is 62.1 Å². The lowest BCUT2D eigenvalue weighted by atomic mass is 9.58. The predicted octanol–water partition coefficient (Wildman–Crippen LogP) is 5.25. The maximum atomic E-state index is 14.2. The number of rotatable bonds is 5. The fraction of sp³-hybridized carbons (Fsp3) is 0.600. The van der Waals surface area contributed by atoms with E-state index in [2.05, 4.69) is 6.08 Å². The van der Waals surface area contributed by atoms with Gasteiger partial charge < -0.3 is 9.84 Å². The van der Waals surface area contributed by atoms with Gasteiger partial charge >= 0.3 is 0 Å². The Balaban J connectivity index is 1.25. The summed E-state index contributed by atoms with van der Waals surface area (Å²) < 4.78 is 5.30. The van der Waals surface area contributed by atoms with E-state index in [-0.39, 0.29) is 59.2 Å². The SMILES string of the molecule is COc1cc(C=CC2C3=CCC4C(=O)N(C5CCCCC5)C(=O)C4C3CC3C(=O)N(C4CCCCC4)C(=O)C23)ccc1O. The van der Waals surface area contributed by atoms with Gasteiger partial charge in [0.2, 0.25) is 23.6 Å². The Labute approximate surface area is 253 Å². The molecule has 1 aromatic carbocycles. The molecule has 0 bridgehead atoms. The van der Waals surface area contributed by atoms with Crippen molar-refractivity contribution in [1.29, 1.82) is 0 Å². The van der Waals surface area contributed by atoms with E-state index in [4.69, 9.17) is 4.74 Å². The van der Waals surface area contributed by atoms with Crippen molar-refractivity contribution >= 4 is 29.7 Å². The molecule has 1 N–H and O–H groups in total. The third-order valence-corrected chi connectivity index (χ3v) is 11.3. The minimum absolute atomic E-state index is 0.0178. The van der Waals surface area contributed by atoms with Gasteiger partial charge in [-0.15, -0.1) is 0 Å². The van der Waals surface area contributed by atoms with Crippen molar-refractivity contribution in [2.75, 3.05) is 7.11 Å². The molecule has 1 aromatic rings. The molecular weight excluding hydrogens is 544 g/mol. The number of likely N-dealkylation sites (tertiary alicyclic amines) is 2. The Morgan fingerprint density at radius 3 is 2.00 bits per heavy atom. The van der Waals surface area contributed by atoms with E-state index < -0.39 is 17.8 Å². The molecule has 228 valence electrons. The minimum Gasteiger partial charge on any atom is -0.504 e. The van der Waals surface area contributed by atoms with Gasteiger partial charge in [0.05, 0.1) is 30.8 Å². The van der Waals surface area contributed by atoms with E-state index in [9.17, 15) is 24.3 Å². The highest BCUT2D eigenvalue weighted by atomic mass is 16.5. The van der Waals surface area contributed by atoms with Crippen molar-refractivity contribution in [2.24, 2.45) is 35.5 Å². The smallest absolute Gasteiger partial charge is 0.234 e. The van der Waals surface area contributed by atoms with Gasteiger partial charge in [0.1, 0.15) is 0 Å². The highest BCUT2D eigenvalue weighted by Crippen LogP contribution is 2.56. The second-order valence-electron chi connectivity index (χ2n) is 13.5. The summed E-state index contributed by atoms with van der Waals surface area (Å²) in [7, 11) is 1.50. The minimum atomic E-state index is -0.509. The van der Waals surface area contributed by atoms with Crippen LogP contribution in [0.1, 0.15) is 82.6 Å². The normalized spacial score (nSPS) is 33.6. The molecule has 4 aliphatic carbocycles. The summed E-state index contributed by atoms with van der Waals surface area (Å²) in [6, 6.07) is 5.04. The first-order chi connectivity index (χ1) is 20.9. The number of allylic oxidation sites excluding steroid dienone is 3. The van der Waals surface area contributed by atoms with Crippen molar-refractivity contribution in [1.82, 2.24) is 9.80 Å². The van der Waals surface area contributed by atoms with E-state index in [1.54, 1.807) is 28.0 Å². The van der Waals surface area contributed by atoms with Crippen molar-refractivity contribution in [3.8, 4) is 11.5 Å². The zero-order chi connectivity index (χ0) is 29.8. The highest BCUT2D eigenvalue weighted by molar-refractivity contribution is 6.08. The van der Waals surface area contributed by atoms with Crippen LogP contribution in [0.25, 0.3) is 6.08 Å². The van der Waals surface area contributed by atoms with Gasteiger partial charge in [0, 0.05) is 18.0 Å². The molecule has 5 fully saturated rings. The number of benzene rings is 1. The van der Waals surface area contributed by atoms with Crippen molar-refractivity contribution in [2.45, 2.75) is 89.1 Å². The number of methoxy groups -OCH3 is 1. The molecule has 2 saturated heterocycles. The molecule has 0 aromatic heterocycles. The first-order valence-corrected chi connectivity index (χ1v) is 16.4. The standard InChI is InChI=1S/C35H42N2O6/c1-43-29-18-20(13-17-28(29)38)12-14-24-23-15-16-25-31(35(42)36(32(25)39)21-8-4-2-5-9-21)26(23)19-27-30(24)34(41)37(33(27)40)22-10-6-3-7-11-22/h12-15,17-18,21-22,24-27,30-31,38H,2-11,16,19H2,1H3. The average molecular weight is 587 g/mol. The zero-order valence-corrected chi connectivity index (χ0v) is 25.0. The third kappa shape index (κ3) is 4.63. The van der Waals surface area contributed by atoms with Crippen LogP contribution in [0.15, 0.2) is 35.9 Å². The van der Waals surface area contributed by atoms with Crippen LogP contribution in [0.4, 0.5) is 0 Å². The van der Waals surface area contributed by atoms with Crippen LogP contribution in [-0.2, 0) is 19.2 Å². The lowest BCUT2D eigenvalue weighted by Crippen LogP contribution is -2.44. The van der Waals surface area contributed by atoms with Crippen LogP contribution in [0.3, 0.4) is 0 Å². The largest absolute Gasteiger partial charge is 0.504 e. The number of ether oxygens (including phenoxy) is 1. The summed E-state index contributed by atoms with van der Waals surface area (Å²) in [5.41, 5.74) is 1.84. The Hall–Kier alpha value is -3.42. The Bertz CT molecular complexity index is 1390. The van der Waals surface area contributed by atoms with Gasteiger partial charge in [-0.25, -0.2) is 0 Å². The summed E-state index contributed by atoms with van der Waals surface area (Å²) in [5.74, 6) is -2.32. The third-order valence-electron chi connectivity index (χ3n) is 11.3. The molecule has 2 aliphatic heterocycles. The molecule has 3 saturated carbocycles. The number of fused-ring (bicyclic) bond motifs is 4. The highest BCUT2D eigenvalue weighted by Gasteiger charge is 2.62. The first kappa shape index (κ1) is 28.4. The number of aromatic hydroxyl groups is 1. The van der Waals surface area contributed by atoms with Gasteiger partial charge in [-0.1, -0.05) is 68.4 Å². The molecule has 8 nitrogen and oxygen atoms in total. The summed E-state index contributed by atoms with van der Waals surface area (Å²) in [6.07, 6.45) is 16.8. The number of phenolic OH excluding ortho intramolecular Hbond substituents is 1. The quantitative estimate of drug-likeness (QED) is 0.374. The maximum Gasteiger partial charge on any atom is 0.234 e. The van der Waals surface area contributed by atoms with E-state index in [1.165, 1.54) is 7.11 Å². The molecule has 7 rings (SSSR count). The predicted molar refractivity (Wildman–Crippen MR) is 159 cm³/mol. The summed E-state index contributed by atoms with van der Waals surface area (Å²) in [5, 5.41) is 10.1. The van der Waals surface area contributed by atoms with E-state index in [0.717, 1.165) is 75.3 Å². The lowest BCUT2D eigenvalue weighted by Gasteiger charge is -2.42. The number of phenols is 1. The summed E-state index contributed by atoms with van der Waals surface area (Å²) in [6.45, 7) is 0. The van der Waals surface area contributed by atoms with Crippen molar-refractivity contribution in [3.63, 3.8) is 0 Å².